The van der Waals surface area contributed by atoms with Gasteiger partial charge in [0.2, 0.25) is 5.91 Å². The van der Waals surface area contributed by atoms with Crippen LogP contribution >= 0.6 is 11.8 Å². The molecule has 39 heavy (non-hydrogen) atoms. The van der Waals surface area contributed by atoms with E-state index in [1.165, 1.54) is 11.8 Å². The van der Waals surface area contributed by atoms with E-state index in [4.69, 9.17) is 9.15 Å². The molecule has 11 heteroatoms. The van der Waals surface area contributed by atoms with Crippen molar-refractivity contribution in [1.29, 1.82) is 0 Å². The van der Waals surface area contributed by atoms with Gasteiger partial charge in [-0.05, 0) is 72.8 Å². The lowest BCUT2D eigenvalue weighted by Crippen LogP contribution is -2.15. The monoisotopic (exact) mass is 540 g/mol. The molecule has 2 aromatic carbocycles. The van der Waals surface area contributed by atoms with Gasteiger partial charge in [0, 0.05) is 34.9 Å². The number of rotatable bonds is 10. The largest absolute Gasteiger partial charge is 0.497 e. The molecule has 196 valence electrons. The third-order valence-corrected chi connectivity index (χ3v) is 6.61. The zero-order valence-corrected chi connectivity index (χ0v) is 21.7. The molecule has 2 N–H and O–H groups in total. The van der Waals surface area contributed by atoms with E-state index in [1.54, 1.807) is 74.3 Å². The molecular weight excluding hydrogens is 516 g/mol. The van der Waals surface area contributed by atoms with Gasteiger partial charge in [-0.15, -0.1) is 10.2 Å². The number of thioether (sulfide) groups is 1. The van der Waals surface area contributed by atoms with E-state index in [0.29, 0.717) is 40.2 Å². The number of hydrogen-bond acceptors (Lipinski definition) is 8. The fraction of sp³-hybridized carbons (Fsp3) is 0.107. The lowest BCUT2D eigenvalue weighted by molar-refractivity contribution is -0.113. The number of anilines is 2. The van der Waals surface area contributed by atoms with Gasteiger partial charge in [-0.2, -0.15) is 0 Å². The van der Waals surface area contributed by atoms with Crippen LogP contribution in [0.4, 0.5) is 11.4 Å². The molecule has 10 nitrogen and oxygen atoms in total. The maximum absolute atomic E-state index is 12.7. The van der Waals surface area contributed by atoms with E-state index in [2.05, 4.69) is 25.8 Å². The Kier molecular flexibility index (Phi) is 7.98. The first kappa shape index (κ1) is 25.7. The van der Waals surface area contributed by atoms with E-state index in [9.17, 15) is 9.59 Å². The van der Waals surface area contributed by atoms with Gasteiger partial charge in [-0.3, -0.25) is 19.1 Å². The predicted octanol–water partition coefficient (Wildman–Crippen LogP) is 4.97. The Balaban J connectivity index is 1.20. The summed E-state index contributed by atoms with van der Waals surface area (Å²) in [5.41, 5.74) is 2.51. The van der Waals surface area contributed by atoms with Crippen LogP contribution in [0.3, 0.4) is 0 Å². The van der Waals surface area contributed by atoms with Crippen LogP contribution in [0.25, 0.3) is 11.4 Å². The highest BCUT2D eigenvalue weighted by Gasteiger charge is 2.17. The summed E-state index contributed by atoms with van der Waals surface area (Å²) < 4.78 is 12.5. The number of pyridine rings is 1. The molecule has 5 aromatic rings. The summed E-state index contributed by atoms with van der Waals surface area (Å²) in [4.78, 5) is 29.4. The Labute approximate surface area is 228 Å². The van der Waals surface area contributed by atoms with Crippen molar-refractivity contribution in [2.45, 2.75) is 11.7 Å². The van der Waals surface area contributed by atoms with Gasteiger partial charge >= 0.3 is 0 Å². The molecule has 0 bridgehead atoms. The number of ether oxygens (including phenoxy) is 1. The number of nitrogens with zero attached hydrogens (tertiary/aromatic N) is 4. The van der Waals surface area contributed by atoms with Crippen LogP contribution in [0.5, 0.6) is 5.75 Å². The second-order valence-electron chi connectivity index (χ2n) is 8.31. The van der Waals surface area contributed by atoms with Crippen LogP contribution in [-0.2, 0) is 11.3 Å². The van der Waals surface area contributed by atoms with Gasteiger partial charge < -0.3 is 19.8 Å². The first-order chi connectivity index (χ1) is 19.1. The number of nitrogens with one attached hydrogen (secondary N) is 2. The molecule has 0 aliphatic rings. The fourth-order valence-electron chi connectivity index (χ4n) is 3.71. The minimum atomic E-state index is -0.256. The molecular formula is C28H24N6O4S. The summed E-state index contributed by atoms with van der Waals surface area (Å²) in [5, 5.41) is 14.9. The molecule has 3 aromatic heterocycles. The Morgan fingerprint density at radius 3 is 2.41 bits per heavy atom. The SMILES string of the molecule is COc1ccc(NC(=O)c2ccc(NC(=O)CSc3nnc(-c4cccnc4)n3Cc3ccco3)cc2)cc1. The normalized spacial score (nSPS) is 10.7. The summed E-state index contributed by atoms with van der Waals surface area (Å²) in [6, 6.07) is 21.2. The molecule has 0 saturated heterocycles. The molecule has 0 unspecified atom stereocenters. The Morgan fingerprint density at radius 2 is 1.72 bits per heavy atom. The minimum Gasteiger partial charge on any atom is -0.497 e. The average Bonchev–Trinajstić information content (AvgIpc) is 3.63. The maximum atomic E-state index is 12.7. The van der Waals surface area contributed by atoms with Crippen LogP contribution in [0.1, 0.15) is 16.1 Å². The standard InChI is InChI=1S/C28H24N6O4S/c1-37-23-12-10-22(11-13-23)31-27(36)19-6-8-21(9-7-19)30-25(35)18-39-28-33-32-26(20-4-2-14-29-16-20)34(28)17-24-5-3-15-38-24/h2-16H,17-18H2,1H3,(H,30,35)(H,31,36). The van der Waals surface area contributed by atoms with Gasteiger partial charge in [0.05, 0.1) is 25.7 Å². The number of benzene rings is 2. The van der Waals surface area contributed by atoms with Gasteiger partial charge in [0.15, 0.2) is 11.0 Å². The number of carbonyl (C=O) groups excluding carboxylic acids is 2. The van der Waals surface area contributed by atoms with Crippen LogP contribution < -0.4 is 15.4 Å². The zero-order valence-electron chi connectivity index (χ0n) is 20.9. The molecule has 0 aliphatic heterocycles. The third-order valence-electron chi connectivity index (χ3n) is 5.64. The van der Waals surface area contributed by atoms with Gasteiger partial charge in [0.25, 0.3) is 5.91 Å². The molecule has 0 radical (unpaired) electrons. The van der Waals surface area contributed by atoms with Gasteiger partial charge in [-0.1, -0.05) is 11.8 Å². The Bertz CT molecular complexity index is 1540. The number of hydrogen-bond donors (Lipinski definition) is 2. The first-order valence-electron chi connectivity index (χ1n) is 11.9. The lowest BCUT2D eigenvalue weighted by atomic mass is 10.2. The average molecular weight is 541 g/mol. The van der Waals surface area contributed by atoms with Gasteiger partial charge in [-0.25, -0.2) is 0 Å². The highest BCUT2D eigenvalue weighted by atomic mass is 32.2. The first-order valence-corrected chi connectivity index (χ1v) is 12.9. The molecule has 0 atom stereocenters. The Hall–Kier alpha value is -4.90. The van der Waals surface area contributed by atoms with E-state index in [-0.39, 0.29) is 17.6 Å². The molecule has 2 amide bonds. The van der Waals surface area contributed by atoms with Crippen molar-refractivity contribution < 1.29 is 18.7 Å². The highest BCUT2D eigenvalue weighted by Crippen LogP contribution is 2.25. The number of amides is 2. The molecule has 3 heterocycles. The number of carbonyl (C=O) groups is 2. The Morgan fingerprint density at radius 1 is 0.949 bits per heavy atom. The molecule has 5 rings (SSSR count). The molecule has 0 fully saturated rings. The van der Waals surface area contributed by atoms with Crippen molar-refractivity contribution >= 4 is 35.0 Å². The van der Waals surface area contributed by atoms with Crippen LogP contribution in [-0.4, -0.2) is 44.4 Å². The maximum Gasteiger partial charge on any atom is 0.255 e. The van der Waals surface area contributed by atoms with E-state index >= 15 is 0 Å². The highest BCUT2D eigenvalue weighted by molar-refractivity contribution is 7.99. The van der Waals surface area contributed by atoms with E-state index < -0.39 is 0 Å². The summed E-state index contributed by atoms with van der Waals surface area (Å²) >= 11 is 1.27. The van der Waals surface area contributed by atoms with Crippen LogP contribution in [0.15, 0.2) is 101 Å². The fourth-order valence-corrected chi connectivity index (χ4v) is 4.45. The van der Waals surface area contributed by atoms with Crippen molar-refractivity contribution in [2.24, 2.45) is 0 Å². The summed E-state index contributed by atoms with van der Waals surface area (Å²) in [5.74, 6) is 1.72. The number of furan rings is 1. The summed E-state index contributed by atoms with van der Waals surface area (Å²) in [6.07, 6.45) is 5.01. The number of methoxy groups -OCH3 is 1. The van der Waals surface area contributed by atoms with Crippen LogP contribution in [0.2, 0.25) is 0 Å². The molecule has 0 spiro atoms. The van der Waals surface area contributed by atoms with Crippen molar-refractivity contribution in [3.8, 4) is 17.1 Å². The summed E-state index contributed by atoms with van der Waals surface area (Å²) in [7, 11) is 1.58. The topological polar surface area (TPSA) is 124 Å². The molecule has 0 saturated carbocycles. The number of aromatic nitrogens is 4. The van der Waals surface area contributed by atoms with Crippen molar-refractivity contribution in [3.63, 3.8) is 0 Å². The van der Waals surface area contributed by atoms with Crippen molar-refractivity contribution in [3.05, 3.63) is 103 Å². The van der Waals surface area contributed by atoms with Crippen molar-refractivity contribution in [2.75, 3.05) is 23.5 Å². The van der Waals surface area contributed by atoms with E-state index in [1.807, 2.05) is 28.8 Å². The predicted molar refractivity (Wildman–Crippen MR) is 148 cm³/mol. The van der Waals surface area contributed by atoms with Gasteiger partial charge in [0.1, 0.15) is 11.5 Å². The van der Waals surface area contributed by atoms with E-state index in [0.717, 1.165) is 11.3 Å². The molecule has 0 aliphatic carbocycles. The summed E-state index contributed by atoms with van der Waals surface area (Å²) in [6.45, 7) is 0.411. The third kappa shape index (κ3) is 6.51. The van der Waals surface area contributed by atoms with Crippen molar-refractivity contribution in [1.82, 2.24) is 19.7 Å². The minimum absolute atomic E-state index is 0.114. The lowest BCUT2D eigenvalue weighted by Gasteiger charge is -2.10. The second kappa shape index (κ2) is 12.1. The zero-order chi connectivity index (χ0) is 27.0. The quantitative estimate of drug-likeness (QED) is 0.238. The van der Waals surface area contributed by atoms with Crippen LogP contribution in [0, 0.1) is 0 Å². The smallest absolute Gasteiger partial charge is 0.255 e. The second-order valence-corrected chi connectivity index (χ2v) is 9.25.